The maximum absolute atomic E-state index is 13.7. The van der Waals surface area contributed by atoms with Crippen molar-refractivity contribution in [2.75, 3.05) is 18.1 Å². The van der Waals surface area contributed by atoms with Gasteiger partial charge in [-0.3, -0.25) is 14.5 Å². The number of aryl methyl sites for hydroxylation is 1. The molecule has 0 bridgehead atoms. The number of carbonyl (C=O) groups is 3. The Morgan fingerprint density at radius 3 is 2.74 bits per heavy atom. The lowest BCUT2D eigenvalue weighted by atomic mass is 9.94. The van der Waals surface area contributed by atoms with Crippen LogP contribution in [0.1, 0.15) is 78.1 Å². The number of esters is 1. The lowest BCUT2D eigenvalue weighted by molar-refractivity contribution is -0.132. The van der Waals surface area contributed by atoms with Gasteiger partial charge < -0.3 is 19.3 Å². The summed E-state index contributed by atoms with van der Waals surface area (Å²) in [4.78, 5) is 45.8. The van der Waals surface area contributed by atoms with Gasteiger partial charge in [0.1, 0.15) is 28.2 Å². The van der Waals surface area contributed by atoms with Crippen molar-refractivity contribution in [1.82, 2.24) is 4.98 Å². The fourth-order valence-corrected chi connectivity index (χ4v) is 6.25. The highest BCUT2D eigenvalue weighted by molar-refractivity contribution is 7.17. The third-order valence-corrected chi connectivity index (χ3v) is 8.39. The number of ether oxygens (including phenoxy) is 3. The number of ketones is 1. The van der Waals surface area contributed by atoms with Crippen LogP contribution in [0, 0.1) is 6.92 Å². The fraction of sp³-hybridized carbons (Fsp3) is 0.375. The molecule has 3 aromatic rings. The molecule has 1 amide bonds. The van der Waals surface area contributed by atoms with Crippen molar-refractivity contribution in [3.63, 3.8) is 0 Å². The van der Waals surface area contributed by atoms with Gasteiger partial charge in [0.15, 0.2) is 5.13 Å². The van der Waals surface area contributed by atoms with Gasteiger partial charge in [0.05, 0.1) is 30.5 Å². The Morgan fingerprint density at radius 1 is 1.17 bits per heavy atom. The van der Waals surface area contributed by atoms with Gasteiger partial charge in [0.2, 0.25) is 0 Å². The zero-order chi connectivity index (χ0) is 30.0. The van der Waals surface area contributed by atoms with Gasteiger partial charge in [0.25, 0.3) is 5.78 Å². The summed E-state index contributed by atoms with van der Waals surface area (Å²) < 4.78 is 16.9. The Labute approximate surface area is 248 Å². The first-order chi connectivity index (χ1) is 20.2. The van der Waals surface area contributed by atoms with Crippen LogP contribution in [0.3, 0.4) is 0 Å². The molecule has 2 atom stereocenters. The molecule has 2 aromatic carbocycles. The molecule has 42 heavy (non-hydrogen) atoms. The van der Waals surface area contributed by atoms with Gasteiger partial charge in [-0.1, -0.05) is 43.2 Å². The summed E-state index contributed by atoms with van der Waals surface area (Å²) in [5.74, 6) is -1.23. The standard InChI is InChI=1S/C32H34N2O7S/c1-5-7-8-14-40-23-11-9-10-20(17-23)26-25(27(35)21-12-13-24-22(16-21)15-18(3)41-24)28(36)30(37)34(26)32-33-19(4)29(42-32)31(38)39-6-2/h9-13,16-18,26,35H,5-8,14-15H2,1-4H3/t18-,26-/m0/s1. The molecule has 0 aliphatic carbocycles. The van der Waals surface area contributed by atoms with Crippen molar-refractivity contribution >= 4 is 39.9 Å². The lowest BCUT2D eigenvalue weighted by Crippen LogP contribution is -2.29. The van der Waals surface area contributed by atoms with E-state index in [1.54, 1.807) is 50.2 Å². The minimum absolute atomic E-state index is 0.00442. The molecule has 0 unspecified atom stereocenters. The van der Waals surface area contributed by atoms with Crippen molar-refractivity contribution in [3.8, 4) is 11.5 Å². The molecule has 5 rings (SSSR count). The second-order valence-electron chi connectivity index (χ2n) is 10.4. The maximum Gasteiger partial charge on any atom is 0.350 e. The Balaban J connectivity index is 1.62. The van der Waals surface area contributed by atoms with Crippen LogP contribution >= 0.6 is 11.3 Å². The van der Waals surface area contributed by atoms with Crippen molar-refractivity contribution in [2.45, 2.75) is 65.5 Å². The fourth-order valence-electron chi connectivity index (χ4n) is 5.26. The van der Waals surface area contributed by atoms with E-state index < -0.39 is 23.7 Å². The summed E-state index contributed by atoms with van der Waals surface area (Å²) >= 11 is 0.974. The normalized spacial score (nSPS) is 19.1. The van der Waals surface area contributed by atoms with Crippen molar-refractivity contribution in [3.05, 3.63) is 75.3 Å². The number of rotatable bonds is 10. The average molecular weight is 591 g/mol. The van der Waals surface area contributed by atoms with Crippen molar-refractivity contribution < 1.29 is 33.7 Å². The third kappa shape index (κ3) is 5.63. The van der Waals surface area contributed by atoms with Gasteiger partial charge in [-0.2, -0.15) is 0 Å². The molecule has 3 heterocycles. The van der Waals surface area contributed by atoms with Crippen LogP contribution in [0.15, 0.2) is 48.0 Å². The molecule has 9 nitrogen and oxygen atoms in total. The summed E-state index contributed by atoms with van der Waals surface area (Å²) in [5.41, 5.74) is 2.20. The van der Waals surface area contributed by atoms with Gasteiger partial charge in [-0.25, -0.2) is 9.78 Å². The average Bonchev–Trinajstić information content (AvgIpc) is 3.62. The first-order valence-electron chi connectivity index (χ1n) is 14.2. The zero-order valence-corrected chi connectivity index (χ0v) is 25.0. The molecule has 1 N–H and O–H groups in total. The molecule has 10 heteroatoms. The minimum atomic E-state index is -1.01. The minimum Gasteiger partial charge on any atom is -0.507 e. The predicted octanol–water partition coefficient (Wildman–Crippen LogP) is 6.15. The van der Waals surface area contributed by atoms with Crippen molar-refractivity contribution in [2.24, 2.45) is 0 Å². The van der Waals surface area contributed by atoms with E-state index in [-0.39, 0.29) is 34.1 Å². The summed E-state index contributed by atoms with van der Waals surface area (Å²) in [6.45, 7) is 8.15. The first-order valence-corrected chi connectivity index (χ1v) is 15.0. The number of hydrogen-bond donors (Lipinski definition) is 1. The molecule has 1 aromatic heterocycles. The van der Waals surface area contributed by atoms with Crippen LogP contribution in [-0.4, -0.2) is 47.1 Å². The lowest BCUT2D eigenvalue weighted by Gasteiger charge is -2.23. The Bertz CT molecular complexity index is 1560. The van der Waals surface area contributed by atoms with E-state index in [2.05, 4.69) is 11.9 Å². The topological polar surface area (TPSA) is 115 Å². The summed E-state index contributed by atoms with van der Waals surface area (Å²) in [6, 6.07) is 11.4. The van der Waals surface area contributed by atoms with Crippen LogP contribution in [0.2, 0.25) is 0 Å². The van der Waals surface area contributed by atoms with Crippen LogP contribution < -0.4 is 14.4 Å². The highest BCUT2D eigenvalue weighted by atomic mass is 32.1. The number of Topliss-reactive ketones (excluding diaryl/α,β-unsaturated/α-hetero) is 1. The second kappa shape index (κ2) is 12.4. The monoisotopic (exact) mass is 590 g/mol. The smallest absolute Gasteiger partial charge is 0.350 e. The molecular weight excluding hydrogens is 556 g/mol. The van der Waals surface area contributed by atoms with Gasteiger partial charge >= 0.3 is 11.9 Å². The highest BCUT2D eigenvalue weighted by Gasteiger charge is 2.48. The molecule has 0 radical (unpaired) electrons. The number of fused-ring (bicyclic) bond motifs is 1. The molecule has 1 fully saturated rings. The first kappa shape index (κ1) is 29.3. The summed E-state index contributed by atoms with van der Waals surface area (Å²) in [6.07, 6.45) is 3.67. The van der Waals surface area contributed by atoms with E-state index in [9.17, 15) is 19.5 Å². The molecule has 2 aliphatic heterocycles. The van der Waals surface area contributed by atoms with Gasteiger partial charge in [0, 0.05) is 12.0 Å². The Morgan fingerprint density at radius 2 is 1.98 bits per heavy atom. The van der Waals surface area contributed by atoms with Gasteiger partial charge in [-0.15, -0.1) is 0 Å². The molecule has 1 saturated heterocycles. The molecule has 0 spiro atoms. The number of nitrogens with zero attached hydrogens (tertiary/aromatic N) is 2. The molecule has 0 saturated carbocycles. The SMILES string of the molecule is CCCCCOc1cccc([C@H]2C(=C(O)c3ccc4c(c3)C[C@H](C)O4)C(=O)C(=O)N2c2nc(C)c(C(=O)OCC)s2)c1. The number of aliphatic hydroxyl groups excluding tert-OH is 1. The number of thiazole rings is 1. The summed E-state index contributed by atoms with van der Waals surface area (Å²) in [5, 5.41) is 11.8. The maximum atomic E-state index is 13.7. The molecule has 220 valence electrons. The van der Waals surface area contributed by atoms with Gasteiger partial charge in [-0.05, 0) is 68.7 Å². The summed E-state index contributed by atoms with van der Waals surface area (Å²) in [7, 11) is 0. The highest BCUT2D eigenvalue weighted by Crippen LogP contribution is 2.45. The van der Waals surface area contributed by atoms with Crippen LogP contribution in [0.5, 0.6) is 11.5 Å². The molecular formula is C32H34N2O7S. The van der Waals surface area contributed by atoms with Crippen LogP contribution in [0.25, 0.3) is 5.76 Å². The van der Waals surface area contributed by atoms with Crippen LogP contribution in [-0.2, 0) is 20.7 Å². The Hall–Kier alpha value is -4.18. The largest absolute Gasteiger partial charge is 0.507 e. The zero-order valence-electron chi connectivity index (χ0n) is 24.1. The third-order valence-electron chi connectivity index (χ3n) is 7.26. The van der Waals surface area contributed by atoms with E-state index >= 15 is 0 Å². The number of aromatic nitrogens is 1. The van der Waals surface area contributed by atoms with E-state index in [1.807, 2.05) is 13.0 Å². The van der Waals surface area contributed by atoms with E-state index in [0.717, 1.165) is 41.9 Å². The number of amides is 1. The number of hydrogen-bond acceptors (Lipinski definition) is 9. The van der Waals surface area contributed by atoms with E-state index in [1.165, 1.54) is 4.90 Å². The quantitative estimate of drug-likeness (QED) is 0.0984. The number of anilines is 1. The van der Waals surface area contributed by atoms with E-state index in [4.69, 9.17) is 14.2 Å². The number of benzene rings is 2. The second-order valence-corrected chi connectivity index (χ2v) is 11.4. The van der Waals surface area contributed by atoms with Crippen LogP contribution in [0.4, 0.5) is 5.13 Å². The molecule has 2 aliphatic rings. The Kier molecular flexibility index (Phi) is 8.63. The van der Waals surface area contributed by atoms with Crippen molar-refractivity contribution in [1.29, 1.82) is 0 Å². The number of aliphatic hydroxyl groups is 1. The number of carbonyl (C=O) groups excluding carboxylic acids is 3. The number of unbranched alkanes of at least 4 members (excludes halogenated alkanes) is 2. The van der Waals surface area contributed by atoms with E-state index in [0.29, 0.717) is 35.6 Å². The predicted molar refractivity (Wildman–Crippen MR) is 159 cm³/mol.